The molecule has 2 aromatic rings. The highest BCUT2D eigenvalue weighted by atomic mass is 35.5. The summed E-state index contributed by atoms with van der Waals surface area (Å²) >= 11 is 0. The molecule has 0 saturated carbocycles. The van der Waals surface area contributed by atoms with Gasteiger partial charge in [0.15, 0.2) is 5.76 Å². The minimum Gasteiger partial charge on any atom is -0.459 e. The number of amides is 1. The summed E-state index contributed by atoms with van der Waals surface area (Å²) in [5.41, 5.74) is 2.12. The molecule has 0 atom stereocenters. The third-order valence-corrected chi connectivity index (χ3v) is 3.99. The van der Waals surface area contributed by atoms with Crippen molar-refractivity contribution in [1.82, 2.24) is 10.6 Å². The van der Waals surface area contributed by atoms with Gasteiger partial charge in [0.1, 0.15) is 5.82 Å². The van der Waals surface area contributed by atoms with E-state index in [1.807, 2.05) is 11.0 Å². The molecule has 7 heteroatoms. The van der Waals surface area contributed by atoms with Crippen molar-refractivity contribution >= 4 is 24.0 Å². The molecule has 1 saturated heterocycles. The number of carbonyl (C=O) groups is 1. The molecule has 0 unspecified atom stereocenters. The van der Waals surface area contributed by atoms with Crippen LogP contribution in [0.4, 0.5) is 10.1 Å². The molecule has 130 valence electrons. The molecule has 2 N–H and O–H groups in total. The Balaban J connectivity index is 0.00000208. The molecule has 24 heavy (non-hydrogen) atoms. The van der Waals surface area contributed by atoms with Crippen molar-refractivity contribution in [2.75, 3.05) is 31.1 Å². The molecule has 3 rings (SSSR count). The molecular formula is C17H21ClFN3O2. The number of anilines is 1. The van der Waals surface area contributed by atoms with E-state index in [4.69, 9.17) is 4.42 Å². The molecule has 1 aromatic heterocycles. The molecule has 0 bridgehead atoms. The maximum Gasteiger partial charge on any atom is 0.287 e. The van der Waals surface area contributed by atoms with Crippen LogP contribution in [0.25, 0.3) is 0 Å². The average molecular weight is 354 g/mol. The average Bonchev–Trinajstić information content (AvgIpc) is 3.00. The number of piperazine rings is 1. The zero-order valence-electron chi connectivity index (χ0n) is 13.5. The lowest BCUT2D eigenvalue weighted by atomic mass is 10.1. The standard InChI is InChI=1S/C17H20FN3O2.ClH/c1-12-4-9-23-16(12)17(22)20-11-13-2-3-15(14(18)10-13)21-7-5-19-6-8-21;/h2-4,9-10,19H,5-8,11H2,1H3,(H,20,22);1H. The summed E-state index contributed by atoms with van der Waals surface area (Å²) in [6.45, 7) is 5.38. The largest absolute Gasteiger partial charge is 0.459 e. The minimum atomic E-state index is -0.293. The normalized spacial score (nSPS) is 14.2. The number of hydrogen-bond donors (Lipinski definition) is 2. The Morgan fingerprint density at radius 2 is 2.08 bits per heavy atom. The van der Waals surface area contributed by atoms with E-state index < -0.39 is 0 Å². The Morgan fingerprint density at radius 3 is 2.71 bits per heavy atom. The first-order valence-corrected chi connectivity index (χ1v) is 7.71. The number of halogens is 2. The molecule has 1 fully saturated rings. The topological polar surface area (TPSA) is 57.5 Å². The van der Waals surface area contributed by atoms with Crippen molar-refractivity contribution in [2.24, 2.45) is 0 Å². The number of furan rings is 1. The Hall–Kier alpha value is -2.05. The third-order valence-electron chi connectivity index (χ3n) is 3.99. The van der Waals surface area contributed by atoms with Crippen LogP contribution in [0.15, 0.2) is 34.9 Å². The van der Waals surface area contributed by atoms with Crippen LogP contribution in [0.1, 0.15) is 21.7 Å². The lowest BCUT2D eigenvalue weighted by Crippen LogP contribution is -2.43. The van der Waals surface area contributed by atoms with Crippen molar-refractivity contribution < 1.29 is 13.6 Å². The number of nitrogens with zero attached hydrogens (tertiary/aromatic N) is 1. The molecule has 1 aliphatic heterocycles. The molecule has 5 nitrogen and oxygen atoms in total. The van der Waals surface area contributed by atoms with Gasteiger partial charge in [-0.15, -0.1) is 12.4 Å². The van der Waals surface area contributed by atoms with Crippen LogP contribution in [-0.4, -0.2) is 32.1 Å². The summed E-state index contributed by atoms with van der Waals surface area (Å²) in [6.07, 6.45) is 1.48. The molecule has 0 radical (unpaired) electrons. The van der Waals surface area contributed by atoms with E-state index in [1.165, 1.54) is 12.3 Å². The molecule has 0 spiro atoms. The van der Waals surface area contributed by atoms with Gasteiger partial charge in [-0.3, -0.25) is 4.79 Å². The molecule has 1 aromatic carbocycles. The fourth-order valence-corrected chi connectivity index (χ4v) is 2.69. The zero-order chi connectivity index (χ0) is 16.2. The van der Waals surface area contributed by atoms with Crippen molar-refractivity contribution in [2.45, 2.75) is 13.5 Å². The second kappa shape index (κ2) is 8.17. The van der Waals surface area contributed by atoms with Gasteiger partial charge in [-0.2, -0.15) is 0 Å². The fraction of sp³-hybridized carbons (Fsp3) is 0.353. The third kappa shape index (κ3) is 4.07. The van der Waals surface area contributed by atoms with E-state index in [9.17, 15) is 9.18 Å². The smallest absolute Gasteiger partial charge is 0.287 e. The van der Waals surface area contributed by atoms with Gasteiger partial charge >= 0.3 is 0 Å². The first-order chi connectivity index (χ1) is 11.1. The van der Waals surface area contributed by atoms with Gasteiger partial charge in [-0.1, -0.05) is 6.07 Å². The first-order valence-electron chi connectivity index (χ1n) is 7.71. The summed E-state index contributed by atoms with van der Waals surface area (Å²) in [7, 11) is 0. The Bertz CT molecular complexity index is 699. The number of carbonyl (C=O) groups excluding carboxylic acids is 1. The Morgan fingerprint density at radius 1 is 1.33 bits per heavy atom. The highest BCUT2D eigenvalue weighted by Crippen LogP contribution is 2.21. The van der Waals surface area contributed by atoms with Crippen molar-refractivity contribution in [3.05, 3.63) is 53.2 Å². The second-order valence-corrected chi connectivity index (χ2v) is 5.64. The molecule has 0 aliphatic carbocycles. The van der Waals surface area contributed by atoms with E-state index in [-0.39, 0.29) is 30.7 Å². The predicted octanol–water partition coefficient (Wildman–Crippen LogP) is 2.49. The highest BCUT2D eigenvalue weighted by molar-refractivity contribution is 5.92. The van der Waals surface area contributed by atoms with Crippen LogP contribution in [0.3, 0.4) is 0 Å². The van der Waals surface area contributed by atoms with E-state index in [0.29, 0.717) is 11.4 Å². The summed E-state index contributed by atoms with van der Waals surface area (Å²) in [4.78, 5) is 14.0. The van der Waals surface area contributed by atoms with Crippen LogP contribution in [0, 0.1) is 12.7 Å². The van der Waals surface area contributed by atoms with E-state index in [2.05, 4.69) is 10.6 Å². The SMILES string of the molecule is Cc1ccoc1C(=O)NCc1ccc(N2CCNCC2)c(F)c1.Cl. The van der Waals surface area contributed by atoms with Crippen molar-refractivity contribution in [3.8, 4) is 0 Å². The van der Waals surface area contributed by atoms with E-state index in [0.717, 1.165) is 37.3 Å². The van der Waals surface area contributed by atoms with Gasteiger partial charge < -0.3 is 20.0 Å². The quantitative estimate of drug-likeness (QED) is 0.886. The summed E-state index contributed by atoms with van der Waals surface area (Å²) in [5, 5.41) is 5.99. The highest BCUT2D eigenvalue weighted by Gasteiger charge is 2.16. The summed E-state index contributed by atoms with van der Waals surface area (Å²) in [6, 6.07) is 6.83. The summed E-state index contributed by atoms with van der Waals surface area (Å²) < 4.78 is 19.4. The maximum absolute atomic E-state index is 14.3. The van der Waals surface area contributed by atoms with Crippen LogP contribution < -0.4 is 15.5 Å². The van der Waals surface area contributed by atoms with Gasteiger partial charge in [-0.25, -0.2) is 4.39 Å². The maximum atomic E-state index is 14.3. The van der Waals surface area contributed by atoms with Gasteiger partial charge in [0.2, 0.25) is 0 Å². The predicted molar refractivity (Wildman–Crippen MR) is 93.3 cm³/mol. The zero-order valence-corrected chi connectivity index (χ0v) is 14.3. The number of benzene rings is 1. The van der Waals surface area contributed by atoms with Crippen LogP contribution in [-0.2, 0) is 6.54 Å². The fourth-order valence-electron chi connectivity index (χ4n) is 2.69. The van der Waals surface area contributed by atoms with E-state index >= 15 is 0 Å². The number of hydrogen-bond acceptors (Lipinski definition) is 4. The first kappa shape index (κ1) is 18.3. The van der Waals surface area contributed by atoms with Crippen LogP contribution in [0.2, 0.25) is 0 Å². The Labute approximate surface area is 146 Å². The molecular weight excluding hydrogens is 333 g/mol. The van der Waals surface area contributed by atoms with Gasteiger partial charge in [0, 0.05) is 38.3 Å². The van der Waals surface area contributed by atoms with E-state index in [1.54, 1.807) is 19.1 Å². The van der Waals surface area contributed by atoms with Crippen LogP contribution >= 0.6 is 12.4 Å². The van der Waals surface area contributed by atoms with Crippen molar-refractivity contribution in [1.29, 1.82) is 0 Å². The summed E-state index contributed by atoms with van der Waals surface area (Å²) in [5.74, 6) is -0.255. The monoisotopic (exact) mass is 353 g/mol. The van der Waals surface area contributed by atoms with Crippen LogP contribution in [0.5, 0.6) is 0 Å². The Kier molecular flexibility index (Phi) is 6.23. The van der Waals surface area contributed by atoms with Gasteiger partial charge in [0.05, 0.1) is 12.0 Å². The molecule has 2 heterocycles. The number of aryl methyl sites for hydroxylation is 1. The second-order valence-electron chi connectivity index (χ2n) is 5.64. The lowest BCUT2D eigenvalue weighted by molar-refractivity contribution is 0.0922. The minimum absolute atomic E-state index is 0. The van der Waals surface area contributed by atoms with Crippen molar-refractivity contribution in [3.63, 3.8) is 0 Å². The molecule has 1 amide bonds. The number of nitrogens with one attached hydrogen (secondary N) is 2. The van der Waals surface area contributed by atoms with Gasteiger partial charge in [0.25, 0.3) is 5.91 Å². The lowest BCUT2D eigenvalue weighted by Gasteiger charge is -2.29. The van der Waals surface area contributed by atoms with Gasteiger partial charge in [-0.05, 0) is 30.7 Å². The number of rotatable bonds is 4. The molecule has 1 aliphatic rings.